The van der Waals surface area contributed by atoms with E-state index in [-0.39, 0.29) is 0 Å². The van der Waals surface area contributed by atoms with E-state index in [1.807, 2.05) is 19.9 Å². The Hall–Kier alpha value is -1.06. The number of hydrogen-bond acceptors (Lipinski definition) is 3. The minimum Gasteiger partial charge on any atom is -0.508 e. The molecule has 2 rings (SSSR count). The zero-order valence-electron chi connectivity index (χ0n) is 10.6. The van der Waals surface area contributed by atoms with Crippen molar-refractivity contribution in [2.45, 2.75) is 38.7 Å². The maximum atomic E-state index is 10.4. The van der Waals surface area contributed by atoms with Gasteiger partial charge < -0.3 is 15.5 Å². The van der Waals surface area contributed by atoms with Crippen molar-refractivity contribution in [3.63, 3.8) is 0 Å². The Morgan fingerprint density at radius 2 is 2.00 bits per heavy atom. The molecule has 3 N–H and O–H groups in total. The van der Waals surface area contributed by atoms with Crippen LogP contribution in [0.3, 0.4) is 0 Å². The van der Waals surface area contributed by atoms with Crippen LogP contribution in [-0.2, 0) is 6.42 Å². The number of β-amino-alcohol motifs (C(OH)–C–C–N with tert-alkyl or cyclic N) is 1. The first-order valence-electron chi connectivity index (χ1n) is 6.22. The van der Waals surface area contributed by atoms with Gasteiger partial charge in [-0.05, 0) is 56.0 Å². The minimum atomic E-state index is -0.711. The van der Waals surface area contributed by atoms with E-state index in [4.69, 9.17) is 0 Å². The Kier molecular flexibility index (Phi) is 3.40. The van der Waals surface area contributed by atoms with Crippen LogP contribution in [0.2, 0.25) is 0 Å². The molecule has 1 atom stereocenters. The van der Waals surface area contributed by atoms with Crippen molar-refractivity contribution in [2.75, 3.05) is 13.1 Å². The number of piperidine rings is 1. The molecule has 0 bridgehead atoms. The number of aryl methyl sites for hydroxylation is 2. The summed E-state index contributed by atoms with van der Waals surface area (Å²) in [5, 5.41) is 23.6. The molecule has 0 radical (unpaired) electrons. The van der Waals surface area contributed by atoms with Crippen LogP contribution in [0, 0.1) is 13.8 Å². The van der Waals surface area contributed by atoms with Crippen LogP contribution in [0.4, 0.5) is 0 Å². The van der Waals surface area contributed by atoms with Crippen molar-refractivity contribution in [1.82, 2.24) is 5.32 Å². The molecule has 0 aromatic heterocycles. The van der Waals surface area contributed by atoms with Gasteiger partial charge in [0.05, 0.1) is 5.60 Å². The monoisotopic (exact) mass is 235 g/mol. The Balaban J connectivity index is 2.20. The standard InChI is InChI=1S/C14H21NO2/c1-10-6-12(13(16)7-11(10)2)8-14(17)4-3-5-15-9-14/h6-7,15-17H,3-5,8-9H2,1-2H3. The van der Waals surface area contributed by atoms with Gasteiger partial charge in [-0.3, -0.25) is 0 Å². The van der Waals surface area contributed by atoms with Crippen molar-refractivity contribution in [1.29, 1.82) is 0 Å². The van der Waals surface area contributed by atoms with Gasteiger partial charge in [0.1, 0.15) is 5.75 Å². The fraction of sp³-hybridized carbons (Fsp3) is 0.571. The van der Waals surface area contributed by atoms with E-state index in [9.17, 15) is 10.2 Å². The second-order valence-electron chi connectivity index (χ2n) is 5.25. The lowest BCUT2D eigenvalue weighted by atomic mass is 9.86. The van der Waals surface area contributed by atoms with E-state index in [1.54, 1.807) is 6.07 Å². The SMILES string of the molecule is Cc1cc(O)c(CC2(O)CCCNC2)cc1C. The van der Waals surface area contributed by atoms with Gasteiger partial charge >= 0.3 is 0 Å². The number of benzene rings is 1. The smallest absolute Gasteiger partial charge is 0.119 e. The quantitative estimate of drug-likeness (QED) is 0.731. The molecule has 0 saturated carbocycles. The van der Waals surface area contributed by atoms with Crippen LogP contribution in [0.1, 0.15) is 29.5 Å². The molecular formula is C14H21NO2. The van der Waals surface area contributed by atoms with E-state index in [1.165, 1.54) is 0 Å². The fourth-order valence-electron chi connectivity index (χ4n) is 2.46. The molecule has 94 valence electrons. The summed E-state index contributed by atoms with van der Waals surface area (Å²) in [6.07, 6.45) is 2.31. The zero-order valence-corrected chi connectivity index (χ0v) is 10.6. The van der Waals surface area contributed by atoms with Gasteiger partial charge in [-0.2, -0.15) is 0 Å². The summed E-state index contributed by atoms with van der Waals surface area (Å²) in [7, 11) is 0. The highest BCUT2D eigenvalue weighted by Crippen LogP contribution is 2.28. The van der Waals surface area contributed by atoms with Crippen LogP contribution in [0.25, 0.3) is 0 Å². The largest absolute Gasteiger partial charge is 0.508 e. The van der Waals surface area contributed by atoms with E-state index < -0.39 is 5.60 Å². The Morgan fingerprint density at radius 3 is 2.65 bits per heavy atom. The highest BCUT2D eigenvalue weighted by atomic mass is 16.3. The first kappa shape index (κ1) is 12.4. The number of aromatic hydroxyl groups is 1. The zero-order chi connectivity index (χ0) is 12.5. The minimum absolute atomic E-state index is 0.298. The summed E-state index contributed by atoms with van der Waals surface area (Å²) >= 11 is 0. The molecule has 0 spiro atoms. The molecule has 1 heterocycles. The molecule has 3 heteroatoms. The molecule has 0 amide bonds. The van der Waals surface area contributed by atoms with Crippen LogP contribution in [0.15, 0.2) is 12.1 Å². The summed E-state index contributed by atoms with van der Waals surface area (Å²) < 4.78 is 0. The molecular weight excluding hydrogens is 214 g/mol. The van der Waals surface area contributed by atoms with Crippen LogP contribution < -0.4 is 5.32 Å². The Bertz CT molecular complexity index is 409. The molecule has 1 saturated heterocycles. The Morgan fingerprint density at radius 1 is 1.29 bits per heavy atom. The van der Waals surface area contributed by atoms with Gasteiger partial charge in [0.25, 0.3) is 0 Å². The van der Waals surface area contributed by atoms with Crippen molar-refractivity contribution in [3.05, 3.63) is 28.8 Å². The lowest BCUT2D eigenvalue weighted by Crippen LogP contribution is -2.47. The summed E-state index contributed by atoms with van der Waals surface area (Å²) in [6.45, 7) is 5.59. The molecule has 1 aromatic rings. The van der Waals surface area contributed by atoms with Gasteiger partial charge in [0.15, 0.2) is 0 Å². The number of phenolic OH excluding ortho intramolecular Hbond substituents is 1. The van der Waals surface area contributed by atoms with Gasteiger partial charge in [-0.15, -0.1) is 0 Å². The third-order valence-electron chi connectivity index (χ3n) is 3.66. The predicted octanol–water partition coefficient (Wildman–Crippen LogP) is 1.67. The van der Waals surface area contributed by atoms with Gasteiger partial charge in [0, 0.05) is 13.0 Å². The third kappa shape index (κ3) is 2.79. The predicted molar refractivity (Wildman–Crippen MR) is 68.3 cm³/mol. The van der Waals surface area contributed by atoms with Crippen LogP contribution in [-0.4, -0.2) is 28.9 Å². The average molecular weight is 235 g/mol. The molecule has 1 fully saturated rings. The third-order valence-corrected chi connectivity index (χ3v) is 3.66. The lowest BCUT2D eigenvalue weighted by Gasteiger charge is -2.33. The fourth-order valence-corrected chi connectivity index (χ4v) is 2.46. The van der Waals surface area contributed by atoms with E-state index >= 15 is 0 Å². The number of rotatable bonds is 2. The van der Waals surface area contributed by atoms with Crippen LogP contribution in [0.5, 0.6) is 5.75 Å². The molecule has 17 heavy (non-hydrogen) atoms. The first-order valence-corrected chi connectivity index (χ1v) is 6.22. The van der Waals surface area contributed by atoms with Gasteiger partial charge in [0.2, 0.25) is 0 Å². The number of nitrogens with one attached hydrogen (secondary N) is 1. The number of aliphatic hydroxyl groups is 1. The Labute approximate surface area is 102 Å². The van der Waals surface area contributed by atoms with E-state index in [0.717, 1.165) is 36.1 Å². The summed E-state index contributed by atoms with van der Waals surface area (Å²) in [6, 6.07) is 3.77. The maximum absolute atomic E-state index is 10.4. The summed E-state index contributed by atoms with van der Waals surface area (Å²) in [5.74, 6) is 0.298. The average Bonchev–Trinajstić information content (AvgIpc) is 2.26. The van der Waals surface area contributed by atoms with Crippen molar-refractivity contribution < 1.29 is 10.2 Å². The molecule has 1 aliphatic rings. The summed E-state index contributed by atoms with van der Waals surface area (Å²) in [5.41, 5.74) is 2.38. The van der Waals surface area contributed by atoms with Gasteiger partial charge in [-0.25, -0.2) is 0 Å². The van der Waals surface area contributed by atoms with Crippen molar-refractivity contribution in [3.8, 4) is 5.75 Å². The van der Waals surface area contributed by atoms with E-state index in [0.29, 0.717) is 18.7 Å². The normalized spacial score (nSPS) is 24.9. The van der Waals surface area contributed by atoms with Crippen molar-refractivity contribution >= 4 is 0 Å². The topological polar surface area (TPSA) is 52.5 Å². The lowest BCUT2D eigenvalue weighted by molar-refractivity contribution is 0.0164. The van der Waals surface area contributed by atoms with Crippen LogP contribution >= 0.6 is 0 Å². The molecule has 3 nitrogen and oxygen atoms in total. The van der Waals surface area contributed by atoms with Crippen molar-refractivity contribution in [2.24, 2.45) is 0 Å². The highest BCUT2D eigenvalue weighted by molar-refractivity contribution is 5.41. The number of hydrogen-bond donors (Lipinski definition) is 3. The second-order valence-corrected chi connectivity index (χ2v) is 5.25. The molecule has 1 unspecified atom stereocenters. The summed E-state index contributed by atoms with van der Waals surface area (Å²) in [4.78, 5) is 0. The second kappa shape index (κ2) is 4.67. The highest BCUT2D eigenvalue weighted by Gasteiger charge is 2.30. The molecule has 0 aliphatic carbocycles. The molecule has 1 aromatic carbocycles. The maximum Gasteiger partial charge on any atom is 0.119 e. The number of phenols is 1. The van der Waals surface area contributed by atoms with Gasteiger partial charge in [-0.1, -0.05) is 6.07 Å². The first-order chi connectivity index (χ1) is 8.00. The molecule has 1 aliphatic heterocycles. The van der Waals surface area contributed by atoms with E-state index in [2.05, 4.69) is 5.32 Å².